The number of piperidine rings is 1. The molecular formula is C14H24Br4GeN2-2. The van der Waals surface area contributed by atoms with Crippen LogP contribution in [0.5, 0.6) is 0 Å². The van der Waals surface area contributed by atoms with Gasteiger partial charge in [0.2, 0.25) is 0 Å². The molecule has 2 heterocycles. The summed E-state index contributed by atoms with van der Waals surface area (Å²) in [6.45, 7) is 11.8. The van der Waals surface area contributed by atoms with Gasteiger partial charge in [0.1, 0.15) is 0 Å². The Balaban J connectivity index is 0.000000296. The number of hydrogen-bond donors (Lipinski definition) is 0. The van der Waals surface area contributed by atoms with Crippen LogP contribution in [0.2, 0.25) is 0 Å². The number of rotatable bonds is 0. The minimum atomic E-state index is -1.75. The predicted molar refractivity (Wildman–Crippen MR) is 113 cm³/mol. The molecule has 1 saturated heterocycles. The Hall–Kier alpha value is 1.70. The number of nitrogens with zero attached hydrogens (tertiary/aromatic N) is 2. The van der Waals surface area contributed by atoms with Gasteiger partial charge in [0.05, 0.1) is 0 Å². The first-order chi connectivity index (χ1) is 9.58. The van der Waals surface area contributed by atoms with Crippen LogP contribution in [0.4, 0.5) is 0 Å². The van der Waals surface area contributed by atoms with E-state index in [1.165, 1.54) is 17.6 Å². The second-order valence-electron chi connectivity index (χ2n) is 5.67. The molecule has 0 amide bonds. The molecule has 0 aromatic heterocycles. The van der Waals surface area contributed by atoms with Gasteiger partial charge in [-0.25, -0.2) is 0 Å². The van der Waals surface area contributed by atoms with Crippen LogP contribution in [0.15, 0.2) is 23.4 Å². The third kappa shape index (κ3) is 17.9. The molecular weight excluding hydrogens is 588 g/mol. The van der Waals surface area contributed by atoms with Crippen LogP contribution in [0.25, 0.3) is 10.6 Å². The SMILES string of the molecule is CC1=C[N-]CC(C)=C1.CC1C[N-]CC(C)C1.[Br][Ge]([Br])([Br])[Br]. The zero-order valence-corrected chi connectivity index (χ0v) is 21.5. The Morgan fingerprint density at radius 1 is 1.05 bits per heavy atom. The van der Waals surface area contributed by atoms with Crippen molar-refractivity contribution < 1.29 is 0 Å². The van der Waals surface area contributed by atoms with E-state index in [0.29, 0.717) is 0 Å². The van der Waals surface area contributed by atoms with Crippen LogP contribution in [0, 0.1) is 11.8 Å². The molecule has 2 unspecified atom stereocenters. The number of hydrogen-bond acceptors (Lipinski definition) is 0. The fourth-order valence-corrected chi connectivity index (χ4v) is 2.16. The molecule has 2 atom stereocenters. The summed E-state index contributed by atoms with van der Waals surface area (Å²) in [6.07, 6.45) is 5.45. The van der Waals surface area contributed by atoms with Gasteiger partial charge in [0.15, 0.2) is 0 Å². The number of allylic oxidation sites excluding steroid dienone is 2. The van der Waals surface area contributed by atoms with Crippen LogP contribution in [0.1, 0.15) is 34.1 Å². The van der Waals surface area contributed by atoms with Gasteiger partial charge in [-0.3, -0.25) is 0 Å². The quantitative estimate of drug-likeness (QED) is 0.258. The summed E-state index contributed by atoms with van der Waals surface area (Å²) in [5, 5.41) is 8.45. The van der Waals surface area contributed by atoms with Crippen molar-refractivity contribution in [2.75, 3.05) is 19.6 Å². The summed E-state index contributed by atoms with van der Waals surface area (Å²) >= 11 is 13.2. The Kier molecular flexibility index (Phi) is 13.1. The molecule has 0 aromatic rings. The van der Waals surface area contributed by atoms with Crippen molar-refractivity contribution in [1.29, 1.82) is 0 Å². The minimum absolute atomic E-state index is 0.846. The molecule has 0 radical (unpaired) electrons. The molecule has 21 heavy (non-hydrogen) atoms. The predicted octanol–water partition coefficient (Wildman–Crippen LogP) is 7.26. The summed E-state index contributed by atoms with van der Waals surface area (Å²) in [4.78, 5) is 0. The molecule has 2 nitrogen and oxygen atoms in total. The summed E-state index contributed by atoms with van der Waals surface area (Å²) < 4.78 is 0. The molecule has 0 N–H and O–H groups in total. The van der Waals surface area contributed by atoms with E-state index in [-0.39, 0.29) is 0 Å². The first-order valence-corrected chi connectivity index (χ1v) is 26.6. The first kappa shape index (κ1) is 22.7. The van der Waals surface area contributed by atoms with E-state index in [4.69, 9.17) is 0 Å². The standard InChI is InChI=1S/C7H14N.C7H10N.Br4Ge/c2*1-6-3-7(2)5-8-4-6;1-5(2,3)4/h6-7H,3-5H2,1-2H3;3-4H,5H2,1-2H3;/q2*-1;. The van der Waals surface area contributed by atoms with Crippen molar-refractivity contribution in [3.63, 3.8) is 0 Å². The van der Waals surface area contributed by atoms with Gasteiger partial charge >= 0.3 is 61.9 Å². The van der Waals surface area contributed by atoms with Gasteiger partial charge in [-0.15, -0.1) is 19.6 Å². The molecule has 0 spiro atoms. The monoisotopic (exact) mass is 610 g/mol. The van der Waals surface area contributed by atoms with Gasteiger partial charge in [-0.2, -0.15) is 6.20 Å². The Bertz CT molecular complexity index is 339. The van der Waals surface area contributed by atoms with Crippen LogP contribution in [0.3, 0.4) is 0 Å². The average Bonchev–Trinajstić information content (AvgIpc) is 2.26. The maximum atomic E-state index is 4.34. The van der Waals surface area contributed by atoms with E-state index >= 15 is 0 Å². The normalized spacial score (nSPS) is 25.1. The summed E-state index contributed by atoms with van der Waals surface area (Å²) in [5.74, 6) is -0.0579. The zero-order valence-electron chi connectivity index (χ0n) is 13.0. The van der Waals surface area contributed by atoms with E-state index in [1.54, 1.807) is 0 Å². The molecule has 0 aromatic carbocycles. The van der Waals surface area contributed by atoms with E-state index in [0.717, 1.165) is 31.5 Å². The topological polar surface area (TPSA) is 28.2 Å². The maximum absolute atomic E-state index is 4.34. The van der Waals surface area contributed by atoms with Crippen molar-refractivity contribution in [3.05, 3.63) is 34.1 Å². The van der Waals surface area contributed by atoms with Gasteiger partial charge < -0.3 is 10.6 Å². The summed E-state index contributed by atoms with van der Waals surface area (Å²) in [5.41, 5.74) is 2.61. The third-order valence-electron chi connectivity index (χ3n) is 2.80. The van der Waals surface area contributed by atoms with Gasteiger partial charge in [-0.05, 0) is 13.8 Å². The van der Waals surface area contributed by atoms with Crippen molar-refractivity contribution in [2.24, 2.45) is 11.8 Å². The molecule has 2 rings (SSSR count). The molecule has 1 fully saturated rings. The van der Waals surface area contributed by atoms with E-state index in [2.05, 4.69) is 100 Å². The number of halogens is 4. The summed E-state index contributed by atoms with van der Waals surface area (Å²) in [6, 6.07) is 0. The fourth-order valence-electron chi connectivity index (χ4n) is 2.16. The Morgan fingerprint density at radius 3 is 1.76 bits per heavy atom. The molecule has 2 aliphatic rings. The van der Waals surface area contributed by atoms with Crippen molar-refractivity contribution in [2.45, 2.75) is 34.1 Å². The Labute approximate surface area is 160 Å². The van der Waals surface area contributed by atoms with Crippen LogP contribution >= 0.6 is 56.0 Å². The second-order valence-corrected chi connectivity index (χ2v) is 65.4. The molecule has 0 aliphatic carbocycles. The van der Waals surface area contributed by atoms with Crippen molar-refractivity contribution in [3.8, 4) is 0 Å². The van der Waals surface area contributed by atoms with E-state index in [9.17, 15) is 0 Å². The molecule has 7 heteroatoms. The molecule has 0 saturated carbocycles. The van der Waals surface area contributed by atoms with Crippen molar-refractivity contribution >= 4 is 61.9 Å². The van der Waals surface area contributed by atoms with Gasteiger partial charge in [-0.1, -0.05) is 49.3 Å². The van der Waals surface area contributed by atoms with Crippen molar-refractivity contribution in [1.82, 2.24) is 0 Å². The first-order valence-electron chi connectivity index (χ1n) is 6.97. The van der Waals surface area contributed by atoms with Gasteiger partial charge in [0, 0.05) is 0 Å². The second kappa shape index (κ2) is 12.1. The molecule has 124 valence electrons. The fraction of sp³-hybridized carbons (Fsp3) is 0.714. The molecule has 2 aliphatic heterocycles. The van der Waals surface area contributed by atoms with E-state index in [1.807, 2.05) is 6.20 Å². The van der Waals surface area contributed by atoms with Gasteiger partial charge in [0.25, 0.3) is 0 Å². The van der Waals surface area contributed by atoms with Crippen LogP contribution in [-0.4, -0.2) is 25.5 Å². The van der Waals surface area contributed by atoms with Crippen LogP contribution < -0.4 is 0 Å². The molecule has 0 bridgehead atoms. The summed E-state index contributed by atoms with van der Waals surface area (Å²) in [7, 11) is 0. The Morgan fingerprint density at radius 2 is 1.52 bits per heavy atom. The third-order valence-corrected chi connectivity index (χ3v) is 2.80. The zero-order chi connectivity index (χ0) is 16.5. The average molecular weight is 613 g/mol. The van der Waals surface area contributed by atoms with E-state index < -0.39 is 5.90 Å². The van der Waals surface area contributed by atoms with Crippen LogP contribution in [-0.2, 0) is 0 Å².